The zero-order valence-corrected chi connectivity index (χ0v) is 11.0. The van der Waals surface area contributed by atoms with Crippen LogP contribution in [0.3, 0.4) is 0 Å². The van der Waals surface area contributed by atoms with Gasteiger partial charge in [-0.2, -0.15) is 0 Å². The number of hydrogen-bond donors (Lipinski definition) is 1. The van der Waals surface area contributed by atoms with Crippen molar-refractivity contribution >= 4 is 0 Å². The minimum absolute atomic E-state index is 0.210. The van der Waals surface area contributed by atoms with Crippen molar-refractivity contribution in [1.82, 2.24) is 5.32 Å². The molecule has 19 heavy (non-hydrogen) atoms. The molecule has 1 aromatic carbocycles. The lowest BCUT2D eigenvalue weighted by Crippen LogP contribution is -2.22. The van der Waals surface area contributed by atoms with Crippen molar-refractivity contribution in [2.45, 2.75) is 38.6 Å². The van der Waals surface area contributed by atoms with Crippen molar-refractivity contribution in [2.75, 3.05) is 6.54 Å². The average Bonchev–Trinajstić information content (AvgIpc) is 2.39. The Balaban J connectivity index is 2.86. The fraction of sp³-hybridized carbons (Fsp3) is 0.467. The second kappa shape index (κ2) is 7.85. The molecule has 1 unspecified atom stereocenters. The van der Waals surface area contributed by atoms with Gasteiger partial charge in [-0.25, -0.2) is 13.2 Å². The van der Waals surface area contributed by atoms with Crippen LogP contribution in [0.2, 0.25) is 0 Å². The minimum Gasteiger partial charge on any atom is -0.310 e. The molecule has 0 amide bonds. The van der Waals surface area contributed by atoms with E-state index in [9.17, 15) is 13.2 Å². The van der Waals surface area contributed by atoms with Crippen LogP contribution in [-0.4, -0.2) is 6.54 Å². The summed E-state index contributed by atoms with van der Waals surface area (Å²) in [5, 5.41) is 3.19. The molecule has 0 fully saturated rings. The summed E-state index contributed by atoms with van der Waals surface area (Å²) < 4.78 is 39.4. The van der Waals surface area contributed by atoms with E-state index in [0.717, 1.165) is 31.5 Å². The first-order chi connectivity index (χ1) is 9.10. The van der Waals surface area contributed by atoms with Gasteiger partial charge in [-0.3, -0.25) is 0 Å². The van der Waals surface area contributed by atoms with Crippen molar-refractivity contribution in [3.8, 4) is 12.3 Å². The summed E-state index contributed by atoms with van der Waals surface area (Å²) in [4.78, 5) is 0. The Morgan fingerprint density at radius 3 is 2.42 bits per heavy atom. The van der Waals surface area contributed by atoms with Gasteiger partial charge in [0.25, 0.3) is 0 Å². The van der Waals surface area contributed by atoms with Crippen molar-refractivity contribution in [3.63, 3.8) is 0 Å². The summed E-state index contributed by atoms with van der Waals surface area (Å²) in [5.41, 5.74) is 0.418. The lowest BCUT2D eigenvalue weighted by Gasteiger charge is -2.19. The highest BCUT2D eigenvalue weighted by Gasteiger charge is 2.16. The van der Waals surface area contributed by atoms with Crippen LogP contribution < -0.4 is 5.32 Å². The maximum Gasteiger partial charge on any atom is 0.194 e. The van der Waals surface area contributed by atoms with Crippen molar-refractivity contribution in [3.05, 3.63) is 35.1 Å². The third-order valence-electron chi connectivity index (χ3n) is 2.86. The molecule has 0 aliphatic carbocycles. The topological polar surface area (TPSA) is 12.0 Å². The van der Waals surface area contributed by atoms with Crippen LogP contribution >= 0.6 is 0 Å². The first kappa shape index (κ1) is 15.6. The highest BCUT2D eigenvalue weighted by Crippen LogP contribution is 2.23. The second-order valence-electron chi connectivity index (χ2n) is 4.40. The molecular formula is C15H18F3N. The molecule has 0 aliphatic rings. The lowest BCUT2D eigenvalue weighted by atomic mass is 10.0. The molecule has 0 spiro atoms. The van der Waals surface area contributed by atoms with Crippen LogP contribution in [0, 0.1) is 29.8 Å². The van der Waals surface area contributed by atoms with Gasteiger partial charge in [-0.05, 0) is 43.5 Å². The van der Waals surface area contributed by atoms with E-state index in [1.54, 1.807) is 0 Å². The first-order valence-electron chi connectivity index (χ1n) is 6.41. The zero-order valence-electron chi connectivity index (χ0n) is 11.0. The number of unbranched alkanes of at least 4 members (excludes halogenated alkanes) is 1. The minimum atomic E-state index is -1.43. The molecule has 1 atom stereocenters. The zero-order chi connectivity index (χ0) is 14.3. The summed E-state index contributed by atoms with van der Waals surface area (Å²) in [6, 6.07) is 1.88. The average molecular weight is 269 g/mol. The Kier molecular flexibility index (Phi) is 6.44. The number of nitrogens with one attached hydrogen (secondary N) is 1. The van der Waals surface area contributed by atoms with E-state index >= 15 is 0 Å². The highest BCUT2D eigenvalue weighted by molar-refractivity contribution is 5.22. The number of halogens is 3. The molecule has 1 rings (SSSR count). The number of terminal acetylenes is 1. The van der Waals surface area contributed by atoms with Crippen molar-refractivity contribution in [1.29, 1.82) is 0 Å². The first-order valence-corrected chi connectivity index (χ1v) is 6.41. The normalized spacial score (nSPS) is 12.2. The van der Waals surface area contributed by atoms with E-state index in [-0.39, 0.29) is 6.04 Å². The molecule has 0 radical (unpaired) electrons. The van der Waals surface area contributed by atoms with Gasteiger partial charge >= 0.3 is 0 Å². The fourth-order valence-electron chi connectivity index (χ4n) is 1.89. The molecular weight excluding hydrogens is 251 g/mol. The molecule has 1 nitrogen and oxygen atoms in total. The van der Waals surface area contributed by atoms with Crippen LogP contribution in [0.15, 0.2) is 12.1 Å². The predicted octanol–water partition coefficient (Wildman–Crippen LogP) is 3.95. The molecule has 1 aromatic rings. The Bertz CT molecular complexity index is 428. The monoisotopic (exact) mass is 269 g/mol. The van der Waals surface area contributed by atoms with E-state index in [2.05, 4.69) is 11.2 Å². The lowest BCUT2D eigenvalue weighted by molar-refractivity contribution is 0.433. The summed E-state index contributed by atoms with van der Waals surface area (Å²) >= 11 is 0. The quantitative estimate of drug-likeness (QED) is 0.449. The van der Waals surface area contributed by atoms with Gasteiger partial charge < -0.3 is 5.32 Å². The van der Waals surface area contributed by atoms with Crippen LogP contribution in [0.5, 0.6) is 0 Å². The van der Waals surface area contributed by atoms with E-state index in [1.165, 1.54) is 0 Å². The van der Waals surface area contributed by atoms with Gasteiger partial charge in [0, 0.05) is 12.5 Å². The third kappa shape index (κ3) is 4.60. The second-order valence-corrected chi connectivity index (χ2v) is 4.40. The molecule has 0 bridgehead atoms. The molecule has 104 valence electrons. The molecule has 1 N–H and O–H groups in total. The molecule has 0 heterocycles. The Hall–Kier alpha value is -1.47. The van der Waals surface area contributed by atoms with E-state index in [0.29, 0.717) is 18.4 Å². The highest BCUT2D eigenvalue weighted by atomic mass is 19.2. The largest absolute Gasteiger partial charge is 0.310 e. The molecule has 0 saturated heterocycles. The van der Waals surface area contributed by atoms with E-state index < -0.39 is 17.5 Å². The maximum atomic E-state index is 13.2. The fourth-order valence-corrected chi connectivity index (χ4v) is 1.89. The van der Waals surface area contributed by atoms with E-state index in [4.69, 9.17) is 6.42 Å². The molecule has 0 aliphatic heterocycles. The van der Waals surface area contributed by atoms with Gasteiger partial charge in [0.05, 0.1) is 0 Å². The van der Waals surface area contributed by atoms with Gasteiger partial charge in [-0.15, -0.1) is 12.3 Å². The molecule has 4 heteroatoms. The van der Waals surface area contributed by atoms with Gasteiger partial charge in [0.1, 0.15) is 0 Å². The number of benzene rings is 1. The van der Waals surface area contributed by atoms with Crippen molar-refractivity contribution < 1.29 is 13.2 Å². The van der Waals surface area contributed by atoms with Crippen LogP contribution in [0.25, 0.3) is 0 Å². The number of rotatable bonds is 7. The summed E-state index contributed by atoms with van der Waals surface area (Å²) in [7, 11) is 0. The summed E-state index contributed by atoms with van der Waals surface area (Å²) in [5.74, 6) is -1.22. The maximum absolute atomic E-state index is 13.2. The van der Waals surface area contributed by atoms with E-state index in [1.807, 2.05) is 6.92 Å². The Morgan fingerprint density at radius 2 is 1.89 bits per heavy atom. The van der Waals surface area contributed by atoms with Crippen LogP contribution in [-0.2, 0) is 0 Å². The summed E-state index contributed by atoms with van der Waals surface area (Å²) in [6.45, 7) is 2.72. The van der Waals surface area contributed by atoms with Crippen molar-refractivity contribution in [2.24, 2.45) is 0 Å². The standard InChI is InChI=1S/C15H18F3N/c1-3-5-6-7-14(19-8-4-2)11-9-12(16)15(18)13(17)10-11/h1,9-10,14,19H,4-8H2,2H3. The SMILES string of the molecule is C#CCCCC(NCCC)c1cc(F)c(F)c(F)c1. The van der Waals surface area contributed by atoms with Crippen LogP contribution in [0.4, 0.5) is 13.2 Å². The van der Waals surface area contributed by atoms with Gasteiger partial charge in [-0.1, -0.05) is 6.92 Å². The van der Waals surface area contributed by atoms with Gasteiger partial charge in [0.15, 0.2) is 17.5 Å². The molecule has 0 aromatic heterocycles. The predicted molar refractivity (Wildman–Crippen MR) is 70.0 cm³/mol. The van der Waals surface area contributed by atoms with Crippen LogP contribution in [0.1, 0.15) is 44.2 Å². The smallest absolute Gasteiger partial charge is 0.194 e. The Morgan fingerprint density at radius 1 is 1.26 bits per heavy atom. The number of hydrogen-bond acceptors (Lipinski definition) is 1. The third-order valence-corrected chi connectivity index (χ3v) is 2.86. The molecule has 0 saturated carbocycles. The van der Waals surface area contributed by atoms with Gasteiger partial charge in [0.2, 0.25) is 0 Å². The summed E-state index contributed by atoms with van der Waals surface area (Å²) in [6.07, 6.45) is 8.10. The Labute approximate surface area is 112 Å².